The molecule has 0 saturated heterocycles. The predicted octanol–water partition coefficient (Wildman–Crippen LogP) is 0.206. The zero-order valence-electron chi connectivity index (χ0n) is 16.4. The van der Waals surface area contributed by atoms with Gasteiger partial charge in [0.25, 0.3) is 0 Å². The summed E-state index contributed by atoms with van der Waals surface area (Å²) >= 11 is -4.92. The van der Waals surface area contributed by atoms with Gasteiger partial charge in [0.15, 0.2) is 0 Å². The van der Waals surface area contributed by atoms with E-state index in [1.54, 1.807) is 4.90 Å². The van der Waals surface area contributed by atoms with Gasteiger partial charge in [-0.2, -0.15) is 8.42 Å². The monoisotopic (exact) mass is 498 g/mol. The molecule has 1 rings (SSSR count). The molecule has 1 aromatic rings. The Morgan fingerprint density at radius 1 is 0.969 bits per heavy atom. The Hall–Kier alpha value is -2.63. The van der Waals surface area contributed by atoms with Crippen LogP contribution in [0.4, 0.5) is 10.5 Å². The molecule has 5 N–H and O–H groups in total. The molecule has 0 radical (unpaired) electrons. The molecule has 0 aliphatic carbocycles. The van der Waals surface area contributed by atoms with Crippen molar-refractivity contribution < 1.29 is 55.2 Å². The second kappa shape index (κ2) is 14.4. The largest absolute Gasteiger partial charge is 0.481 e. The van der Waals surface area contributed by atoms with Crippen LogP contribution in [0, 0.1) is 0 Å². The van der Waals surface area contributed by atoms with Crippen LogP contribution in [-0.2, 0) is 40.7 Å². The van der Waals surface area contributed by atoms with Crippen LogP contribution in [-0.4, -0.2) is 78.1 Å². The van der Waals surface area contributed by atoms with Crippen molar-refractivity contribution in [3.05, 3.63) is 24.3 Å². The highest BCUT2D eigenvalue weighted by Crippen LogP contribution is 2.20. The molecule has 180 valence electrons. The summed E-state index contributed by atoms with van der Waals surface area (Å²) in [6, 6.07) is 4.33. The van der Waals surface area contributed by atoms with E-state index in [1.807, 2.05) is 0 Å². The van der Waals surface area contributed by atoms with Gasteiger partial charge in [-0.25, -0.2) is 9.59 Å². The van der Waals surface area contributed by atoms with E-state index in [0.29, 0.717) is 5.69 Å². The number of benzene rings is 1. The second-order valence-corrected chi connectivity index (χ2v) is 7.26. The van der Waals surface area contributed by atoms with Crippen molar-refractivity contribution in [1.29, 1.82) is 0 Å². The molecule has 3 atom stereocenters. The van der Waals surface area contributed by atoms with Crippen molar-refractivity contribution in [2.75, 3.05) is 31.2 Å². The molecule has 0 heterocycles. The van der Waals surface area contributed by atoms with Crippen LogP contribution in [0.1, 0.15) is 12.8 Å². The van der Waals surface area contributed by atoms with E-state index >= 15 is 0 Å². The van der Waals surface area contributed by atoms with E-state index in [-0.39, 0.29) is 38.5 Å². The molecule has 0 aliphatic rings. The zero-order chi connectivity index (χ0) is 24.1. The third kappa shape index (κ3) is 11.7. The third-order valence-electron chi connectivity index (χ3n) is 3.74. The number of rotatable bonds is 15. The molecule has 0 fully saturated rings. The van der Waals surface area contributed by atoms with E-state index in [0.717, 1.165) is 0 Å². The molecule has 14 nitrogen and oxygen atoms in total. The van der Waals surface area contributed by atoms with Crippen LogP contribution in [0.2, 0.25) is 0 Å². The Morgan fingerprint density at radius 3 is 1.94 bits per heavy atom. The van der Waals surface area contributed by atoms with Crippen molar-refractivity contribution in [3.8, 4) is 5.75 Å². The smallest absolute Gasteiger partial charge is 0.413 e. The van der Waals surface area contributed by atoms with Crippen molar-refractivity contribution >= 4 is 46.4 Å². The number of aliphatic carboxylic acids is 2. The Balaban J connectivity index is 2.73. The van der Waals surface area contributed by atoms with Gasteiger partial charge in [-0.1, -0.05) is 0 Å². The Labute approximate surface area is 187 Å². The summed E-state index contributed by atoms with van der Waals surface area (Å²) in [5.74, 6) is -2.57. The number of hydrogen-bond acceptors (Lipinski definition) is 9. The molecule has 0 aliphatic heterocycles. The number of anilines is 1. The lowest BCUT2D eigenvalue weighted by atomic mass is 10.1. The first kappa shape index (κ1) is 27.4. The van der Waals surface area contributed by atoms with Crippen molar-refractivity contribution in [3.63, 3.8) is 0 Å². The van der Waals surface area contributed by atoms with Crippen LogP contribution in [0.25, 0.3) is 0 Å². The first-order chi connectivity index (χ1) is 15.1. The molecule has 32 heavy (non-hydrogen) atoms. The average Bonchev–Trinajstić information content (AvgIpc) is 2.69. The summed E-state index contributed by atoms with van der Waals surface area (Å²) in [5.41, 5.74) is 0.530. The maximum atomic E-state index is 11.9. The van der Waals surface area contributed by atoms with Crippen LogP contribution in [0.15, 0.2) is 24.3 Å². The van der Waals surface area contributed by atoms with Crippen molar-refractivity contribution in [1.82, 2.24) is 5.32 Å². The Morgan fingerprint density at radius 2 is 1.50 bits per heavy atom. The van der Waals surface area contributed by atoms with Crippen LogP contribution in [0.3, 0.4) is 0 Å². The molecule has 1 aromatic carbocycles. The topological polar surface area (TPSA) is 209 Å². The quantitative estimate of drug-likeness (QED) is 0.205. The fourth-order valence-electron chi connectivity index (χ4n) is 2.34. The molecule has 0 bridgehead atoms. The Kier molecular flexibility index (Phi) is 12.4. The number of carbonyl (C=O) groups is 3. The number of nitrogens with one attached hydrogen (secondary N) is 1. The minimum Gasteiger partial charge on any atom is -0.481 e. The van der Waals surface area contributed by atoms with Gasteiger partial charge in [0.1, 0.15) is 11.8 Å². The third-order valence-corrected chi connectivity index (χ3v) is 4.48. The highest BCUT2D eigenvalue weighted by molar-refractivity contribution is 7.74. The first-order valence-electron chi connectivity index (χ1n) is 8.84. The van der Waals surface area contributed by atoms with Gasteiger partial charge < -0.3 is 25.2 Å². The summed E-state index contributed by atoms with van der Waals surface area (Å²) in [4.78, 5) is 35.2. The predicted molar refractivity (Wildman–Crippen MR) is 110 cm³/mol. The van der Waals surface area contributed by atoms with Gasteiger partial charge >= 0.3 is 40.8 Å². The minimum absolute atomic E-state index is 0.0500. The first-order valence-corrected chi connectivity index (χ1v) is 10.9. The highest BCUT2D eigenvalue weighted by Gasteiger charge is 2.22. The van der Waals surface area contributed by atoms with Gasteiger partial charge in [-0.05, 0) is 30.7 Å². The number of carboxylic acids is 2. The molecule has 1 amide bonds. The van der Waals surface area contributed by atoms with Gasteiger partial charge in [0.2, 0.25) is 0 Å². The van der Waals surface area contributed by atoms with Crippen LogP contribution >= 0.6 is 0 Å². The number of carboxylic acid groups (broad SMARTS) is 2. The van der Waals surface area contributed by atoms with Gasteiger partial charge in [-0.3, -0.25) is 22.3 Å². The summed E-state index contributed by atoms with van der Waals surface area (Å²) in [6.45, 7) is -0.0334. The zero-order valence-corrected chi connectivity index (χ0v) is 18.1. The van der Waals surface area contributed by atoms with Gasteiger partial charge in [0.05, 0.1) is 13.2 Å². The molecular weight excluding hydrogens is 476 g/mol. The van der Waals surface area contributed by atoms with E-state index in [1.165, 1.54) is 24.3 Å². The standard InChI is InChI=1S/C16H22N2O12S2/c19-14(20)6-5-13(15(21)22)17-16(23)30-12-3-1-11(2-4-12)18(7-9-28-31(24)25)8-10-29-32(26)27/h1-4,13H,5-10H2,(H,17,23)(H,19,20)(H,21,22)(H,24,25)(H,26,27)/t13-/m0/s1. The maximum Gasteiger partial charge on any atom is 0.413 e. The summed E-state index contributed by atoms with van der Waals surface area (Å²) in [7, 11) is 0. The molecule has 2 unspecified atom stereocenters. The number of hydrogen-bond donors (Lipinski definition) is 5. The fraction of sp³-hybridized carbons (Fsp3) is 0.438. The molecule has 0 spiro atoms. The lowest BCUT2D eigenvalue weighted by Crippen LogP contribution is -2.42. The van der Waals surface area contributed by atoms with Crippen LogP contribution < -0.4 is 15.0 Å². The lowest BCUT2D eigenvalue weighted by Gasteiger charge is -2.24. The molecule has 0 saturated carbocycles. The van der Waals surface area contributed by atoms with Crippen LogP contribution in [0.5, 0.6) is 5.75 Å². The number of ether oxygens (including phenoxy) is 1. The number of nitrogens with zero attached hydrogens (tertiary/aromatic N) is 1. The molecule has 0 aromatic heterocycles. The second-order valence-electron chi connectivity index (χ2n) is 5.92. The maximum absolute atomic E-state index is 11.9. The number of carbonyl (C=O) groups excluding carboxylic acids is 1. The van der Waals surface area contributed by atoms with E-state index in [2.05, 4.69) is 13.7 Å². The fourth-order valence-corrected chi connectivity index (χ4v) is 2.77. The SMILES string of the molecule is O=C(O)CC[C@H](NC(=O)Oc1ccc(N(CCOS(=O)O)CCOS(=O)O)cc1)C(=O)O. The Bertz CT molecular complexity index is 800. The van der Waals surface area contributed by atoms with Gasteiger partial charge in [0, 0.05) is 25.2 Å². The van der Waals surface area contributed by atoms with Gasteiger partial charge in [-0.15, -0.1) is 0 Å². The van der Waals surface area contributed by atoms with E-state index in [9.17, 15) is 22.8 Å². The lowest BCUT2D eigenvalue weighted by molar-refractivity contribution is -0.140. The van der Waals surface area contributed by atoms with Crippen molar-refractivity contribution in [2.45, 2.75) is 18.9 Å². The average molecular weight is 498 g/mol. The molecule has 16 heteroatoms. The van der Waals surface area contributed by atoms with E-state index in [4.69, 9.17) is 24.1 Å². The summed E-state index contributed by atoms with van der Waals surface area (Å²) < 4.78 is 52.7. The van der Waals surface area contributed by atoms with Crippen molar-refractivity contribution in [2.24, 2.45) is 0 Å². The number of amides is 1. The normalized spacial score (nSPS) is 13.6. The minimum atomic E-state index is -2.46. The molecular formula is C16H22N2O12S2. The summed E-state index contributed by atoms with van der Waals surface area (Å²) in [5, 5.41) is 19.7. The van der Waals surface area contributed by atoms with E-state index < -0.39 is 53.2 Å². The highest BCUT2D eigenvalue weighted by atomic mass is 32.2. The summed E-state index contributed by atoms with van der Waals surface area (Å²) in [6.07, 6.45) is -1.87.